The van der Waals surface area contributed by atoms with Crippen LogP contribution in [0.5, 0.6) is 0 Å². The van der Waals surface area contributed by atoms with Crippen LogP contribution in [0.15, 0.2) is 11.6 Å². The summed E-state index contributed by atoms with van der Waals surface area (Å²) >= 11 is 0. The van der Waals surface area contributed by atoms with Crippen LogP contribution in [0.1, 0.15) is 51.9 Å². The van der Waals surface area contributed by atoms with Crippen LogP contribution in [-0.2, 0) is 4.79 Å². The van der Waals surface area contributed by atoms with Crippen LogP contribution in [0.3, 0.4) is 0 Å². The minimum absolute atomic E-state index is 0.0359. The maximum absolute atomic E-state index is 14.2. The van der Waals surface area contributed by atoms with Crippen LogP contribution in [0.25, 0.3) is 0 Å². The number of hydrogen-bond donors (Lipinski definition) is 2. The molecule has 0 amide bonds. The predicted molar refractivity (Wildman–Crippen MR) is 93.6 cm³/mol. The van der Waals surface area contributed by atoms with Crippen molar-refractivity contribution < 1.29 is 23.8 Å². The molecule has 3 nitrogen and oxygen atoms in total. The second-order valence-corrected chi connectivity index (χ2v) is 9.36. The van der Waals surface area contributed by atoms with Gasteiger partial charge in [-0.2, -0.15) is 0 Å². The monoisotopic (exact) mass is 368 g/mol. The minimum atomic E-state index is -2.37. The van der Waals surface area contributed by atoms with Gasteiger partial charge in [0.05, 0.1) is 12.7 Å². The summed E-state index contributed by atoms with van der Waals surface area (Å²) in [5, 5.41) is 19.8. The van der Waals surface area contributed by atoms with Crippen LogP contribution >= 0.6 is 0 Å². The molecule has 0 heterocycles. The van der Waals surface area contributed by atoms with Gasteiger partial charge in [0.25, 0.3) is 0 Å². The molecule has 0 aromatic rings. The van der Waals surface area contributed by atoms with Crippen LogP contribution in [0.4, 0.5) is 8.78 Å². The quantitative estimate of drug-likeness (QED) is 0.800. The molecule has 146 valence electrons. The molecule has 3 saturated carbocycles. The normalized spacial score (nSPS) is 46.4. The van der Waals surface area contributed by atoms with Gasteiger partial charge >= 0.3 is 0 Å². The van der Waals surface area contributed by atoms with Crippen molar-refractivity contribution in [2.45, 2.75) is 64.4 Å². The maximum atomic E-state index is 14.2. The second kappa shape index (κ2) is 6.66. The molecule has 5 heteroatoms. The predicted octanol–water partition coefficient (Wildman–Crippen LogP) is 3.59. The number of aliphatic hydroxyl groups is 2. The molecular weight excluding hydrogens is 338 g/mol. The van der Waals surface area contributed by atoms with Gasteiger partial charge in [0.1, 0.15) is 0 Å². The largest absolute Gasteiger partial charge is 0.394 e. The number of allylic oxidation sites excluding steroid dienone is 1. The molecule has 0 bridgehead atoms. The first kappa shape index (κ1) is 18.5. The fourth-order valence-corrected chi connectivity index (χ4v) is 7.44. The van der Waals surface area contributed by atoms with Gasteiger partial charge in [-0.05, 0) is 79.6 Å². The van der Waals surface area contributed by atoms with E-state index in [1.54, 1.807) is 6.08 Å². The third-order valence-corrected chi connectivity index (χ3v) is 8.39. The molecule has 0 spiro atoms. The van der Waals surface area contributed by atoms with Gasteiger partial charge in [-0.1, -0.05) is 12.5 Å². The summed E-state index contributed by atoms with van der Waals surface area (Å²) in [5.74, 6) is 0.0741. The van der Waals surface area contributed by atoms with E-state index in [1.807, 2.05) is 0 Å². The zero-order chi connectivity index (χ0) is 18.6. The van der Waals surface area contributed by atoms with E-state index in [0.717, 1.165) is 37.7 Å². The Bertz CT molecular complexity index is 604. The lowest BCUT2D eigenvalue weighted by Crippen LogP contribution is -2.53. The smallest absolute Gasteiger partial charge is 0.241 e. The third kappa shape index (κ3) is 2.69. The number of rotatable bonds is 3. The van der Waals surface area contributed by atoms with E-state index in [1.165, 1.54) is 0 Å². The Labute approximate surface area is 153 Å². The van der Waals surface area contributed by atoms with Crippen molar-refractivity contribution in [1.82, 2.24) is 0 Å². The third-order valence-electron chi connectivity index (χ3n) is 8.39. The lowest BCUT2D eigenvalue weighted by atomic mass is 9.48. The minimum Gasteiger partial charge on any atom is -0.394 e. The molecule has 4 aliphatic carbocycles. The maximum Gasteiger partial charge on any atom is 0.241 e. The molecule has 26 heavy (non-hydrogen) atoms. The molecule has 2 N–H and O–H groups in total. The van der Waals surface area contributed by atoms with E-state index >= 15 is 0 Å². The Morgan fingerprint density at radius 1 is 1.23 bits per heavy atom. The molecule has 4 aliphatic rings. The van der Waals surface area contributed by atoms with E-state index in [0.29, 0.717) is 18.8 Å². The Balaban J connectivity index is 1.70. The average Bonchev–Trinajstić information content (AvgIpc) is 2.96. The lowest BCUT2D eigenvalue weighted by molar-refractivity contribution is -0.130. The Hall–Kier alpha value is -0.810. The highest BCUT2D eigenvalue weighted by atomic mass is 19.3. The first-order valence-corrected chi connectivity index (χ1v) is 10.2. The van der Waals surface area contributed by atoms with Crippen LogP contribution in [-0.4, -0.2) is 35.1 Å². The van der Waals surface area contributed by atoms with Crippen molar-refractivity contribution in [3.05, 3.63) is 11.6 Å². The van der Waals surface area contributed by atoms with Crippen molar-refractivity contribution in [3.8, 4) is 0 Å². The molecular formula is C21H30F2O3. The molecule has 4 rings (SSSR count). The van der Waals surface area contributed by atoms with Gasteiger partial charge in [0.15, 0.2) is 5.78 Å². The van der Waals surface area contributed by atoms with Crippen molar-refractivity contribution in [2.75, 3.05) is 6.61 Å². The first-order valence-electron chi connectivity index (χ1n) is 10.2. The first-order chi connectivity index (χ1) is 12.4. The number of carbonyl (C=O) groups excluding carboxylic acids is 1. The van der Waals surface area contributed by atoms with E-state index in [4.69, 9.17) is 0 Å². The van der Waals surface area contributed by atoms with E-state index in [2.05, 4.69) is 6.92 Å². The van der Waals surface area contributed by atoms with Crippen molar-refractivity contribution >= 4 is 5.78 Å². The second-order valence-electron chi connectivity index (χ2n) is 9.36. The Morgan fingerprint density at radius 3 is 2.69 bits per heavy atom. The molecule has 0 aromatic heterocycles. The van der Waals surface area contributed by atoms with E-state index < -0.39 is 18.4 Å². The van der Waals surface area contributed by atoms with Gasteiger partial charge in [-0.3, -0.25) is 4.79 Å². The van der Waals surface area contributed by atoms with Gasteiger partial charge in [-0.25, -0.2) is 8.78 Å². The van der Waals surface area contributed by atoms with E-state index in [-0.39, 0.29) is 41.5 Å². The van der Waals surface area contributed by atoms with Gasteiger partial charge < -0.3 is 10.2 Å². The molecule has 0 aromatic carbocycles. The summed E-state index contributed by atoms with van der Waals surface area (Å²) in [6.07, 6.45) is 3.70. The topological polar surface area (TPSA) is 57.5 Å². The van der Waals surface area contributed by atoms with Gasteiger partial charge in [0, 0.05) is 12.3 Å². The fourth-order valence-electron chi connectivity index (χ4n) is 7.44. The number of alkyl halides is 2. The Morgan fingerprint density at radius 2 is 2.00 bits per heavy atom. The zero-order valence-corrected chi connectivity index (χ0v) is 15.4. The number of fused-ring (bicyclic) bond motifs is 5. The fraction of sp³-hybridized carbons (Fsp3) is 0.857. The molecule has 0 saturated heterocycles. The molecule has 0 radical (unpaired) electrons. The van der Waals surface area contributed by atoms with Crippen molar-refractivity contribution in [1.29, 1.82) is 0 Å². The molecule has 2 unspecified atom stereocenters. The average molecular weight is 368 g/mol. The number of halogens is 2. The zero-order valence-electron chi connectivity index (χ0n) is 15.4. The summed E-state index contributed by atoms with van der Waals surface area (Å²) in [4.78, 5) is 11.8. The Kier molecular flexibility index (Phi) is 4.75. The highest BCUT2D eigenvalue weighted by Crippen LogP contribution is 2.66. The SMILES string of the molecule is C[C@]12C[C@H](C(F)F)[C@H]3[C@@H](CCC4=CC(=O)CC[C@@H]43)[C@@H]1CCC2C(O)CO. The molecule has 0 aliphatic heterocycles. The van der Waals surface area contributed by atoms with Gasteiger partial charge in [0.2, 0.25) is 6.43 Å². The van der Waals surface area contributed by atoms with E-state index in [9.17, 15) is 23.8 Å². The summed E-state index contributed by atoms with van der Waals surface area (Å²) < 4.78 is 28.3. The van der Waals surface area contributed by atoms with Crippen molar-refractivity contribution in [3.63, 3.8) is 0 Å². The number of ketones is 1. The summed E-state index contributed by atoms with van der Waals surface area (Å²) in [6.45, 7) is 1.79. The van der Waals surface area contributed by atoms with Crippen LogP contribution < -0.4 is 0 Å². The molecule has 8 atom stereocenters. The number of hydrogen-bond acceptors (Lipinski definition) is 3. The number of aliphatic hydroxyl groups excluding tert-OH is 2. The molecule has 3 fully saturated rings. The van der Waals surface area contributed by atoms with Gasteiger partial charge in [-0.15, -0.1) is 0 Å². The lowest BCUT2D eigenvalue weighted by Gasteiger charge is -2.57. The summed E-state index contributed by atoms with van der Waals surface area (Å²) in [7, 11) is 0. The summed E-state index contributed by atoms with van der Waals surface area (Å²) in [6, 6.07) is 0. The van der Waals surface area contributed by atoms with Crippen LogP contribution in [0, 0.1) is 40.9 Å². The summed E-state index contributed by atoms with van der Waals surface area (Å²) in [5.41, 5.74) is 0.789. The highest BCUT2D eigenvalue weighted by molar-refractivity contribution is 5.91. The number of carbonyl (C=O) groups is 1. The van der Waals surface area contributed by atoms with Crippen molar-refractivity contribution in [2.24, 2.45) is 40.9 Å². The highest BCUT2D eigenvalue weighted by Gasteiger charge is 2.61. The standard InChI is InChI=1S/C21H30F2O3/c1-21-9-15(20(22)23)19-13-5-3-12(25)8-11(13)2-4-14(19)16(21)6-7-17(21)18(26)10-24/h8,13-20,24,26H,2-7,9-10H2,1H3/t13-,14-,15-,16-,17?,18?,19+,21-/m0/s1. The van der Waals surface area contributed by atoms with Crippen LogP contribution in [0.2, 0.25) is 0 Å².